The molecule has 158 valence electrons. The SMILES string of the molecule is CC(c1ccccc1)n1c(=N)c(C(=O)NC(C)(C)C)cc2c(=O)n3ccccc3nc21. The zero-order valence-electron chi connectivity index (χ0n) is 18.0. The van der Waals surface area contributed by atoms with Crippen LogP contribution in [0.4, 0.5) is 0 Å². The molecule has 31 heavy (non-hydrogen) atoms. The molecule has 1 unspecified atom stereocenters. The van der Waals surface area contributed by atoms with Crippen LogP contribution in [0.2, 0.25) is 0 Å². The van der Waals surface area contributed by atoms with Gasteiger partial charge in [0, 0.05) is 11.7 Å². The van der Waals surface area contributed by atoms with Gasteiger partial charge in [0.05, 0.1) is 17.0 Å². The Hall–Kier alpha value is -3.74. The average molecular weight is 415 g/mol. The van der Waals surface area contributed by atoms with E-state index in [-0.39, 0.29) is 22.7 Å². The summed E-state index contributed by atoms with van der Waals surface area (Å²) in [6.07, 6.45) is 1.65. The van der Waals surface area contributed by atoms with Gasteiger partial charge in [0.1, 0.15) is 16.8 Å². The summed E-state index contributed by atoms with van der Waals surface area (Å²) in [6.45, 7) is 7.56. The Bertz CT molecular complexity index is 1410. The lowest BCUT2D eigenvalue weighted by molar-refractivity contribution is 0.0917. The summed E-state index contributed by atoms with van der Waals surface area (Å²) >= 11 is 0. The molecular weight excluding hydrogens is 390 g/mol. The number of carbonyl (C=O) groups is 1. The number of rotatable bonds is 3. The van der Waals surface area contributed by atoms with Gasteiger partial charge in [0.2, 0.25) is 0 Å². The molecule has 3 heterocycles. The first-order valence-corrected chi connectivity index (χ1v) is 10.2. The van der Waals surface area contributed by atoms with Gasteiger partial charge in [-0.25, -0.2) is 4.98 Å². The van der Waals surface area contributed by atoms with E-state index < -0.39 is 11.4 Å². The standard InChI is InChI=1S/C24H25N5O2/c1-15(16-10-6-5-7-11-16)29-20(25)17(22(30)27-24(2,3)4)14-18-21(29)26-19-12-8-9-13-28(19)23(18)31/h5-15,25H,1-4H3,(H,27,30). The minimum atomic E-state index is -0.481. The van der Waals surface area contributed by atoms with Crippen LogP contribution in [0.1, 0.15) is 49.7 Å². The van der Waals surface area contributed by atoms with E-state index >= 15 is 0 Å². The summed E-state index contributed by atoms with van der Waals surface area (Å²) in [6, 6.07) is 16.2. The number of amides is 1. The third kappa shape index (κ3) is 3.74. The van der Waals surface area contributed by atoms with E-state index in [4.69, 9.17) is 10.4 Å². The highest BCUT2D eigenvalue weighted by Crippen LogP contribution is 2.21. The first kappa shape index (κ1) is 20.5. The number of nitrogens with zero attached hydrogens (tertiary/aromatic N) is 3. The van der Waals surface area contributed by atoms with Gasteiger partial charge in [-0.1, -0.05) is 36.4 Å². The Labute approximate surface area is 179 Å². The molecule has 0 radical (unpaired) electrons. The van der Waals surface area contributed by atoms with E-state index in [1.165, 1.54) is 10.5 Å². The van der Waals surface area contributed by atoms with Crippen molar-refractivity contribution in [3.63, 3.8) is 0 Å². The van der Waals surface area contributed by atoms with Gasteiger partial charge < -0.3 is 9.88 Å². The predicted molar refractivity (Wildman–Crippen MR) is 120 cm³/mol. The number of fused-ring (bicyclic) bond motifs is 2. The monoisotopic (exact) mass is 415 g/mol. The van der Waals surface area contributed by atoms with E-state index in [0.29, 0.717) is 16.7 Å². The molecule has 2 N–H and O–H groups in total. The Kier molecular flexibility index (Phi) is 4.97. The number of hydrogen-bond acceptors (Lipinski definition) is 4. The maximum Gasteiger partial charge on any atom is 0.267 e. The number of pyridine rings is 2. The van der Waals surface area contributed by atoms with Crippen molar-refractivity contribution in [3.05, 3.63) is 87.8 Å². The molecule has 1 atom stereocenters. The van der Waals surface area contributed by atoms with E-state index in [9.17, 15) is 9.59 Å². The molecule has 4 rings (SSSR count). The van der Waals surface area contributed by atoms with E-state index in [0.717, 1.165) is 5.56 Å². The van der Waals surface area contributed by atoms with Crippen molar-refractivity contribution in [2.24, 2.45) is 0 Å². The predicted octanol–water partition coefficient (Wildman–Crippen LogP) is 3.27. The van der Waals surface area contributed by atoms with Crippen LogP contribution in [0.25, 0.3) is 16.7 Å². The lowest BCUT2D eigenvalue weighted by Crippen LogP contribution is -2.44. The first-order chi connectivity index (χ1) is 14.7. The van der Waals surface area contributed by atoms with Gasteiger partial charge in [0.15, 0.2) is 0 Å². The van der Waals surface area contributed by atoms with Gasteiger partial charge in [-0.2, -0.15) is 0 Å². The second-order valence-corrected chi connectivity index (χ2v) is 8.65. The van der Waals surface area contributed by atoms with Crippen LogP contribution in [-0.4, -0.2) is 25.4 Å². The van der Waals surface area contributed by atoms with E-state index in [1.54, 1.807) is 22.9 Å². The lowest BCUT2D eigenvalue weighted by atomic mass is 10.1. The summed E-state index contributed by atoms with van der Waals surface area (Å²) < 4.78 is 3.12. The van der Waals surface area contributed by atoms with Crippen molar-refractivity contribution in [2.75, 3.05) is 0 Å². The molecule has 7 nitrogen and oxygen atoms in total. The highest BCUT2D eigenvalue weighted by atomic mass is 16.2. The van der Waals surface area contributed by atoms with E-state index in [1.807, 2.05) is 64.1 Å². The van der Waals surface area contributed by atoms with Crippen LogP contribution in [0, 0.1) is 5.41 Å². The smallest absolute Gasteiger partial charge is 0.267 e. The van der Waals surface area contributed by atoms with Gasteiger partial charge in [0.25, 0.3) is 11.5 Å². The number of aromatic nitrogens is 3. The topological polar surface area (TPSA) is 92.2 Å². The third-order valence-corrected chi connectivity index (χ3v) is 5.16. The molecule has 4 aromatic rings. The second kappa shape index (κ2) is 7.50. The van der Waals surface area contributed by atoms with Crippen molar-refractivity contribution in [1.82, 2.24) is 19.3 Å². The molecule has 0 aliphatic carbocycles. The van der Waals surface area contributed by atoms with Gasteiger partial charge >= 0.3 is 0 Å². The first-order valence-electron chi connectivity index (χ1n) is 10.2. The van der Waals surface area contributed by atoms with Crippen LogP contribution >= 0.6 is 0 Å². The molecule has 1 aromatic carbocycles. The lowest BCUT2D eigenvalue weighted by Gasteiger charge is -2.23. The van der Waals surface area contributed by atoms with Crippen molar-refractivity contribution in [2.45, 2.75) is 39.3 Å². The van der Waals surface area contributed by atoms with Gasteiger partial charge in [-0.3, -0.25) is 19.4 Å². The molecule has 0 bridgehead atoms. The zero-order valence-corrected chi connectivity index (χ0v) is 18.0. The van der Waals surface area contributed by atoms with Crippen LogP contribution in [-0.2, 0) is 0 Å². The summed E-state index contributed by atoms with van der Waals surface area (Å²) in [5.41, 5.74) is 1.21. The molecule has 0 aliphatic rings. The number of benzene rings is 1. The van der Waals surface area contributed by atoms with Gasteiger partial charge in [-0.15, -0.1) is 0 Å². The Morgan fingerprint density at radius 1 is 1.10 bits per heavy atom. The quantitative estimate of drug-likeness (QED) is 0.503. The van der Waals surface area contributed by atoms with Crippen molar-refractivity contribution >= 4 is 22.6 Å². The van der Waals surface area contributed by atoms with Crippen molar-refractivity contribution in [1.29, 1.82) is 5.41 Å². The van der Waals surface area contributed by atoms with Gasteiger partial charge in [-0.05, 0) is 51.5 Å². The van der Waals surface area contributed by atoms with Crippen LogP contribution in [0.3, 0.4) is 0 Å². The summed E-state index contributed by atoms with van der Waals surface area (Å²) in [7, 11) is 0. The number of nitrogens with one attached hydrogen (secondary N) is 2. The molecular formula is C24H25N5O2. The third-order valence-electron chi connectivity index (χ3n) is 5.16. The number of carbonyl (C=O) groups excluding carboxylic acids is 1. The Morgan fingerprint density at radius 2 is 1.77 bits per heavy atom. The highest BCUT2D eigenvalue weighted by Gasteiger charge is 2.23. The fraction of sp³-hybridized carbons (Fsp3) is 0.250. The molecule has 0 aliphatic heterocycles. The number of hydrogen-bond donors (Lipinski definition) is 2. The average Bonchev–Trinajstić information content (AvgIpc) is 2.72. The second-order valence-electron chi connectivity index (χ2n) is 8.65. The summed E-state index contributed by atoms with van der Waals surface area (Å²) in [4.78, 5) is 31.0. The maximum atomic E-state index is 13.3. The highest BCUT2D eigenvalue weighted by molar-refractivity contribution is 5.97. The maximum absolute atomic E-state index is 13.3. The molecule has 0 fully saturated rings. The van der Waals surface area contributed by atoms with Crippen LogP contribution in [0.15, 0.2) is 65.6 Å². The molecule has 0 saturated carbocycles. The Balaban J connectivity index is 2.09. The van der Waals surface area contributed by atoms with Crippen LogP contribution in [0.5, 0.6) is 0 Å². The normalized spacial score (nSPS) is 12.8. The largest absolute Gasteiger partial charge is 0.347 e. The molecule has 3 aromatic heterocycles. The fourth-order valence-electron chi connectivity index (χ4n) is 3.69. The molecule has 0 saturated heterocycles. The van der Waals surface area contributed by atoms with E-state index in [2.05, 4.69) is 5.32 Å². The zero-order chi connectivity index (χ0) is 22.3. The minimum Gasteiger partial charge on any atom is -0.347 e. The summed E-state index contributed by atoms with van der Waals surface area (Å²) in [5.74, 6) is -0.397. The Morgan fingerprint density at radius 3 is 2.45 bits per heavy atom. The molecule has 7 heteroatoms. The van der Waals surface area contributed by atoms with Crippen LogP contribution < -0.4 is 16.4 Å². The fourth-order valence-corrected chi connectivity index (χ4v) is 3.69. The molecule has 1 amide bonds. The van der Waals surface area contributed by atoms with Crippen molar-refractivity contribution < 1.29 is 4.79 Å². The molecule has 0 spiro atoms. The van der Waals surface area contributed by atoms with Crippen molar-refractivity contribution in [3.8, 4) is 0 Å². The minimum absolute atomic E-state index is 0.0118. The summed E-state index contributed by atoms with van der Waals surface area (Å²) in [5, 5.41) is 12.1.